The maximum absolute atomic E-state index is 11.8. The van der Waals surface area contributed by atoms with Gasteiger partial charge in [0.05, 0.1) is 5.92 Å². The average Bonchev–Trinajstić information content (AvgIpc) is 2.14. The fraction of sp³-hybridized carbons (Fsp3) is 0.900. The normalized spacial score (nSPS) is 26.2. The third-order valence-corrected chi connectivity index (χ3v) is 3.00. The molecule has 1 aliphatic heterocycles. The quantitative estimate of drug-likeness (QED) is 0.705. The van der Waals surface area contributed by atoms with E-state index in [1.807, 2.05) is 19.0 Å². The van der Waals surface area contributed by atoms with Crippen LogP contribution in [0.1, 0.15) is 26.2 Å². The second-order valence-corrected chi connectivity index (χ2v) is 3.81. The lowest BCUT2D eigenvalue weighted by Crippen LogP contribution is -2.47. The number of likely N-dealkylation sites (tertiary alicyclic amines) is 1. The summed E-state index contributed by atoms with van der Waals surface area (Å²) in [5.41, 5.74) is 0. The molecule has 0 aromatic carbocycles. The molecule has 1 heterocycles. The summed E-state index contributed by atoms with van der Waals surface area (Å²) in [7, 11) is 3.84. The Bertz CT molecular complexity index is 178. The second-order valence-electron chi connectivity index (χ2n) is 3.81. The van der Waals surface area contributed by atoms with E-state index in [0.29, 0.717) is 11.9 Å². The van der Waals surface area contributed by atoms with Crippen LogP contribution in [-0.2, 0) is 4.79 Å². The summed E-state index contributed by atoms with van der Waals surface area (Å²) in [5, 5.41) is 3.22. The molecular weight excluding hydrogens is 164 g/mol. The van der Waals surface area contributed by atoms with Crippen LogP contribution in [0.4, 0.5) is 0 Å². The SMILES string of the molecule is CCC(NC)C1CCCN(C)C1=O. The average molecular weight is 184 g/mol. The van der Waals surface area contributed by atoms with E-state index in [4.69, 9.17) is 0 Å². The van der Waals surface area contributed by atoms with Crippen molar-refractivity contribution in [2.24, 2.45) is 5.92 Å². The molecule has 1 N–H and O–H groups in total. The molecule has 3 nitrogen and oxygen atoms in total. The molecule has 0 aliphatic carbocycles. The van der Waals surface area contributed by atoms with Crippen LogP contribution in [0, 0.1) is 5.92 Å². The van der Waals surface area contributed by atoms with Gasteiger partial charge in [0.25, 0.3) is 0 Å². The highest BCUT2D eigenvalue weighted by molar-refractivity contribution is 5.80. The van der Waals surface area contributed by atoms with Gasteiger partial charge in [-0.3, -0.25) is 4.79 Å². The number of rotatable bonds is 3. The number of piperidine rings is 1. The highest BCUT2D eigenvalue weighted by atomic mass is 16.2. The molecule has 1 rings (SSSR count). The predicted molar refractivity (Wildman–Crippen MR) is 53.5 cm³/mol. The van der Waals surface area contributed by atoms with E-state index in [2.05, 4.69) is 12.2 Å². The Morgan fingerprint density at radius 1 is 1.69 bits per heavy atom. The van der Waals surface area contributed by atoms with Gasteiger partial charge in [0, 0.05) is 19.6 Å². The zero-order valence-electron chi connectivity index (χ0n) is 8.84. The molecule has 1 aliphatic rings. The van der Waals surface area contributed by atoms with E-state index in [1.165, 1.54) is 0 Å². The molecule has 1 amide bonds. The van der Waals surface area contributed by atoms with Crippen LogP contribution in [0.2, 0.25) is 0 Å². The molecule has 76 valence electrons. The predicted octanol–water partition coefficient (Wildman–Crippen LogP) is 0.853. The highest BCUT2D eigenvalue weighted by Gasteiger charge is 2.31. The smallest absolute Gasteiger partial charge is 0.226 e. The minimum Gasteiger partial charge on any atom is -0.345 e. The Labute approximate surface area is 80.5 Å². The molecule has 0 radical (unpaired) electrons. The standard InChI is InChI=1S/C10H20N2O/c1-4-9(11-2)8-6-5-7-12(3)10(8)13/h8-9,11H,4-7H2,1-3H3. The minimum absolute atomic E-state index is 0.203. The summed E-state index contributed by atoms with van der Waals surface area (Å²) in [6.45, 7) is 3.05. The van der Waals surface area contributed by atoms with Gasteiger partial charge in [0.1, 0.15) is 0 Å². The van der Waals surface area contributed by atoms with E-state index in [9.17, 15) is 4.79 Å². The topological polar surface area (TPSA) is 32.3 Å². The minimum atomic E-state index is 0.203. The van der Waals surface area contributed by atoms with E-state index in [-0.39, 0.29) is 5.92 Å². The van der Waals surface area contributed by atoms with Gasteiger partial charge in [-0.25, -0.2) is 0 Å². The number of hydrogen-bond donors (Lipinski definition) is 1. The number of nitrogens with one attached hydrogen (secondary N) is 1. The maximum atomic E-state index is 11.8. The van der Waals surface area contributed by atoms with E-state index < -0.39 is 0 Å². The van der Waals surface area contributed by atoms with Crippen molar-refractivity contribution in [1.29, 1.82) is 0 Å². The van der Waals surface area contributed by atoms with Crippen LogP contribution in [0.15, 0.2) is 0 Å². The lowest BCUT2D eigenvalue weighted by Gasteiger charge is -2.33. The van der Waals surface area contributed by atoms with E-state index in [0.717, 1.165) is 25.8 Å². The Kier molecular flexibility index (Phi) is 3.72. The zero-order valence-corrected chi connectivity index (χ0v) is 8.84. The Morgan fingerprint density at radius 2 is 2.38 bits per heavy atom. The van der Waals surface area contributed by atoms with Gasteiger partial charge in [-0.2, -0.15) is 0 Å². The van der Waals surface area contributed by atoms with E-state index in [1.54, 1.807) is 0 Å². The first-order valence-corrected chi connectivity index (χ1v) is 5.13. The summed E-state index contributed by atoms with van der Waals surface area (Å²) in [5.74, 6) is 0.515. The maximum Gasteiger partial charge on any atom is 0.226 e. The number of nitrogens with zero attached hydrogens (tertiary/aromatic N) is 1. The molecule has 0 aromatic rings. The van der Waals surface area contributed by atoms with Crippen LogP contribution in [0.5, 0.6) is 0 Å². The third kappa shape index (κ3) is 2.21. The molecule has 2 unspecified atom stereocenters. The zero-order chi connectivity index (χ0) is 9.84. The molecule has 13 heavy (non-hydrogen) atoms. The van der Waals surface area contributed by atoms with Gasteiger partial charge in [-0.1, -0.05) is 6.92 Å². The summed E-state index contributed by atoms with van der Waals surface area (Å²) in [6.07, 6.45) is 3.22. The number of carbonyl (C=O) groups excluding carboxylic acids is 1. The van der Waals surface area contributed by atoms with E-state index >= 15 is 0 Å². The van der Waals surface area contributed by atoms with Crippen molar-refractivity contribution in [1.82, 2.24) is 10.2 Å². The van der Waals surface area contributed by atoms with Crippen molar-refractivity contribution in [3.05, 3.63) is 0 Å². The molecular formula is C10H20N2O. The van der Waals surface area contributed by atoms with Crippen molar-refractivity contribution in [3.63, 3.8) is 0 Å². The Morgan fingerprint density at radius 3 is 2.92 bits per heavy atom. The molecule has 1 fully saturated rings. The molecule has 0 spiro atoms. The van der Waals surface area contributed by atoms with Crippen LogP contribution in [-0.4, -0.2) is 37.5 Å². The Hall–Kier alpha value is -0.570. The van der Waals surface area contributed by atoms with Gasteiger partial charge < -0.3 is 10.2 Å². The Balaban J connectivity index is 2.61. The molecule has 0 bridgehead atoms. The monoisotopic (exact) mass is 184 g/mol. The van der Waals surface area contributed by atoms with Crippen LogP contribution in [0.3, 0.4) is 0 Å². The number of carbonyl (C=O) groups is 1. The summed E-state index contributed by atoms with van der Waals surface area (Å²) in [4.78, 5) is 13.6. The van der Waals surface area contributed by atoms with Gasteiger partial charge >= 0.3 is 0 Å². The van der Waals surface area contributed by atoms with Crippen molar-refractivity contribution in [2.45, 2.75) is 32.2 Å². The van der Waals surface area contributed by atoms with Crippen molar-refractivity contribution >= 4 is 5.91 Å². The number of hydrogen-bond acceptors (Lipinski definition) is 2. The number of amides is 1. The van der Waals surface area contributed by atoms with Crippen molar-refractivity contribution < 1.29 is 4.79 Å². The lowest BCUT2D eigenvalue weighted by atomic mass is 9.89. The van der Waals surface area contributed by atoms with Gasteiger partial charge in [0.2, 0.25) is 5.91 Å². The largest absolute Gasteiger partial charge is 0.345 e. The first kappa shape index (κ1) is 10.5. The van der Waals surface area contributed by atoms with Gasteiger partial charge in [0.15, 0.2) is 0 Å². The molecule has 2 atom stereocenters. The summed E-state index contributed by atoms with van der Waals surface area (Å²) >= 11 is 0. The summed E-state index contributed by atoms with van der Waals surface area (Å²) < 4.78 is 0. The molecule has 0 aromatic heterocycles. The highest BCUT2D eigenvalue weighted by Crippen LogP contribution is 2.21. The third-order valence-electron chi connectivity index (χ3n) is 3.00. The fourth-order valence-corrected chi connectivity index (χ4v) is 2.13. The van der Waals surface area contributed by atoms with Crippen molar-refractivity contribution in [2.75, 3.05) is 20.6 Å². The molecule has 1 saturated heterocycles. The first-order chi connectivity index (χ1) is 6.20. The van der Waals surface area contributed by atoms with Gasteiger partial charge in [-0.05, 0) is 26.3 Å². The van der Waals surface area contributed by atoms with Crippen LogP contribution >= 0.6 is 0 Å². The fourth-order valence-electron chi connectivity index (χ4n) is 2.13. The van der Waals surface area contributed by atoms with Crippen LogP contribution in [0.25, 0.3) is 0 Å². The lowest BCUT2D eigenvalue weighted by molar-refractivity contribution is -0.138. The molecule has 3 heteroatoms. The second kappa shape index (κ2) is 4.61. The van der Waals surface area contributed by atoms with Crippen molar-refractivity contribution in [3.8, 4) is 0 Å². The van der Waals surface area contributed by atoms with Crippen LogP contribution < -0.4 is 5.32 Å². The first-order valence-electron chi connectivity index (χ1n) is 5.13. The van der Waals surface area contributed by atoms with Gasteiger partial charge in [-0.15, -0.1) is 0 Å². The molecule has 0 saturated carbocycles. The summed E-state index contributed by atoms with van der Waals surface area (Å²) in [6, 6.07) is 0.357.